The Kier molecular flexibility index (Phi) is 5.48. The highest BCUT2D eigenvalue weighted by molar-refractivity contribution is 5.85. The summed E-state index contributed by atoms with van der Waals surface area (Å²) in [5, 5.41) is 12.5. The molecule has 0 saturated heterocycles. The van der Waals surface area contributed by atoms with E-state index in [4.69, 9.17) is 9.15 Å². The Morgan fingerprint density at radius 3 is 2.70 bits per heavy atom. The molecule has 1 aromatic heterocycles. The molecule has 27 heavy (non-hydrogen) atoms. The molecule has 0 spiro atoms. The number of carbonyl (C=O) groups is 2. The summed E-state index contributed by atoms with van der Waals surface area (Å²) in [7, 11) is 0. The van der Waals surface area contributed by atoms with Crippen molar-refractivity contribution in [2.45, 2.75) is 45.6 Å². The first kappa shape index (κ1) is 18.9. The summed E-state index contributed by atoms with van der Waals surface area (Å²) in [6, 6.07) is 4.19. The lowest BCUT2D eigenvalue weighted by molar-refractivity contribution is -0.142. The van der Waals surface area contributed by atoms with Crippen molar-refractivity contribution in [1.82, 2.24) is 5.32 Å². The van der Waals surface area contributed by atoms with Gasteiger partial charge in [-0.25, -0.2) is 9.59 Å². The molecule has 0 unspecified atom stereocenters. The fourth-order valence-electron chi connectivity index (χ4n) is 3.43. The Hall–Kier alpha value is -2.83. The molecular formula is C20H23NO6. The number of fused-ring (bicyclic) bond motifs is 3. The summed E-state index contributed by atoms with van der Waals surface area (Å²) in [4.78, 5) is 35.3. The quantitative estimate of drug-likeness (QED) is 0.721. The number of benzene rings is 1. The van der Waals surface area contributed by atoms with Crippen LogP contribution in [0.5, 0.6) is 5.75 Å². The van der Waals surface area contributed by atoms with E-state index < -0.39 is 17.9 Å². The number of carbonyl (C=O) groups excluding carboxylic acids is 1. The van der Waals surface area contributed by atoms with Crippen molar-refractivity contribution in [3.05, 3.63) is 39.7 Å². The predicted octanol–water partition coefficient (Wildman–Crippen LogP) is 2.28. The van der Waals surface area contributed by atoms with Gasteiger partial charge in [0, 0.05) is 17.0 Å². The lowest BCUT2D eigenvalue weighted by Crippen LogP contribution is -2.43. The number of amides is 1. The number of carboxylic acids is 1. The molecule has 0 aliphatic heterocycles. The zero-order chi connectivity index (χ0) is 19.6. The van der Waals surface area contributed by atoms with E-state index in [-0.39, 0.29) is 18.2 Å². The standard InChI is InChI=1S/C20H23NO6/c1-11(2)8-16(19(23)24)21-18(22)10-26-12-6-7-14-13-4-3-5-15(13)20(25)27-17(14)9-12/h6-7,9,11,16H,3-5,8,10H2,1-2H3,(H,21,22)(H,23,24)/t16-/m0/s1. The summed E-state index contributed by atoms with van der Waals surface area (Å²) < 4.78 is 10.8. The van der Waals surface area contributed by atoms with Gasteiger partial charge in [0.25, 0.3) is 5.91 Å². The highest BCUT2D eigenvalue weighted by Gasteiger charge is 2.22. The van der Waals surface area contributed by atoms with Crippen molar-refractivity contribution >= 4 is 22.8 Å². The fraction of sp³-hybridized carbons (Fsp3) is 0.450. The third-order valence-corrected chi connectivity index (χ3v) is 4.66. The van der Waals surface area contributed by atoms with Crippen LogP contribution in [-0.2, 0) is 22.4 Å². The van der Waals surface area contributed by atoms with Crippen LogP contribution in [0.2, 0.25) is 0 Å². The highest BCUT2D eigenvalue weighted by Crippen LogP contribution is 2.29. The average Bonchev–Trinajstić information content (AvgIpc) is 3.09. The molecule has 1 aliphatic carbocycles. The van der Waals surface area contributed by atoms with Crippen LogP contribution in [0.3, 0.4) is 0 Å². The number of nitrogens with one attached hydrogen (secondary N) is 1. The molecule has 1 amide bonds. The third kappa shape index (κ3) is 4.30. The van der Waals surface area contributed by atoms with Crippen molar-refractivity contribution in [2.24, 2.45) is 5.92 Å². The predicted molar refractivity (Wildman–Crippen MR) is 99.0 cm³/mol. The minimum absolute atomic E-state index is 0.137. The Morgan fingerprint density at radius 1 is 1.26 bits per heavy atom. The van der Waals surface area contributed by atoms with Crippen LogP contribution in [0, 0.1) is 5.92 Å². The van der Waals surface area contributed by atoms with Crippen molar-refractivity contribution in [3.8, 4) is 5.75 Å². The maximum Gasteiger partial charge on any atom is 0.339 e. The van der Waals surface area contributed by atoms with Crippen LogP contribution in [0.15, 0.2) is 27.4 Å². The largest absolute Gasteiger partial charge is 0.484 e. The lowest BCUT2D eigenvalue weighted by Gasteiger charge is -2.16. The second-order valence-electron chi connectivity index (χ2n) is 7.23. The molecule has 3 rings (SSSR count). The van der Waals surface area contributed by atoms with Gasteiger partial charge in [0.1, 0.15) is 17.4 Å². The molecule has 0 saturated carbocycles. The minimum atomic E-state index is -1.07. The molecule has 2 N–H and O–H groups in total. The first-order valence-corrected chi connectivity index (χ1v) is 9.08. The third-order valence-electron chi connectivity index (χ3n) is 4.66. The second kappa shape index (κ2) is 7.82. The molecule has 1 atom stereocenters. The van der Waals surface area contributed by atoms with Crippen molar-refractivity contribution in [3.63, 3.8) is 0 Å². The zero-order valence-electron chi connectivity index (χ0n) is 15.4. The Morgan fingerprint density at radius 2 is 2.00 bits per heavy atom. The highest BCUT2D eigenvalue weighted by atomic mass is 16.5. The molecule has 7 nitrogen and oxygen atoms in total. The van der Waals surface area contributed by atoms with Gasteiger partial charge in [-0.1, -0.05) is 13.8 Å². The molecule has 0 bridgehead atoms. The Labute approximate surface area is 156 Å². The molecule has 1 aromatic carbocycles. The number of hydrogen-bond acceptors (Lipinski definition) is 5. The van der Waals surface area contributed by atoms with Crippen LogP contribution in [-0.4, -0.2) is 29.6 Å². The topological polar surface area (TPSA) is 106 Å². The van der Waals surface area contributed by atoms with E-state index in [1.54, 1.807) is 12.1 Å². The van der Waals surface area contributed by atoms with Crippen LogP contribution in [0.4, 0.5) is 0 Å². The van der Waals surface area contributed by atoms with E-state index in [1.807, 2.05) is 19.9 Å². The van der Waals surface area contributed by atoms with Gasteiger partial charge in [0.2, 0.25) is 0 Å². The molecule has 1 aliphatic rings. The summed E-state index contributed by atoms with van der Waals surface area (Å²) in [6.07, 6.45) is 2.88. The average molecular weight is 373 g/mol. The van der Waals surface area contributed by atoms with Gasteiger partial charge in [0.15, 0.2) is 6.61 Å². The van der Waals surface area contributed by atoms with Crippen LogP contribution >= 0.6 is 0 Å². The van der Waals surface area contributed by atoms with Gasteiger partial charge in [-0.05, 0) is 49.3 Å². The van der Waals surface area contributed by atoms with E-state index in [1.165, 1.54) is 0 Å². The van der Waals surface area contributed by atoms with E-state index in [2.05, 4.69) is 5.32 Å². The fourth-order valence-corrected chi connectivity index (χ4v) is 3.43. The van der Waals surface area contributed by atoms with Crippen molar-refractivity contribution in [1.29, 1.82) is 0 Å². The first-order valence-electron chi connectivity index (χ1n) is 9.08. The smallest absolute Gasteiger partial charge is 0.339 e. The molecule has 0 radical (unpaired) electrons. The number of hydrogen-bond donors (Lipinski definition) is 2. The first-order chi connectivity index (χ1) is 12.8. The molecule has 144 valence electrons. The van der Waals surface area contributed by atoms with E-state index >= 15 is 0 Å². The lowest BCUT2D eigenvalue weighted by atomic mass is 10.0. The number of rotatable bonds is 7. The van der Waals surface area contributed by atoms with Gasteiger partial charge in [-0.15, -0.1) is 0 Å². The number of aliphatic carboxylic acids is 1. The summed E-state index contributed by atoms with van der Waals surface area (Å²) in [5.74, 6) is -1.07. The molecule has 0 fully saturated rings. The van der Waals surface area contributed by atoms with Crippen LogP contribution < -0.4 is 15.7 Å². The van der Waals surface area contributed by atoms with E-state index in [0.717, 1.165) is 35.8 Å². The van der Waals surface area contributed by atoms with Gasteiger partial charge in [-0.3, -0.25) is 4.79 Å². The number of ether oxygens (including phenoxy) is 1. The molecule has 1 heterocycles. The second-order valence-corrected chi connectivity index (χ2v) is 7.23. The van der Waals surface area contributed by atoms with Crippen LogP contribution in [0.25, 0.3) is 11.0 Å². The maximum absolute atomic E-state index is 12.0. The van der Waals surface area contributed by atoms with Gasteiger partial charge in [0.05, 0.1) is 0 Å². The summed E-state index contributed by atoms with van der Waals surface area (Å²) >= 11 is 0. The summed E-state index contributed by atoms with van der Waals surface area (Å²) in [6.45, 7) is 3.46. The summed E-state index contributed by atoms with van der Waals surface area (Å²) in [5.41, 5.74) is 1.90. The number of aryl methyl sites for hydroxylation is 1. The van der Waals surface area contributed by atoms with Crippen LogP contribution in [0.1, 0.15) is 37.8 Å². The normalized spacial score (nSPS) is 14.2. The Bertz CT molecular complexity index is 930. The Balaban J connectivity index is 1.68. The minimum Gasteiger partial charge on any atom is -0.484 e. The van der Waals surface area contributed by atoms with Gasteiger partial charge >= 0.3 is 11.6 Å². The maximum atomic E-state index is 12.0. The monoisotopic (exact) mass is 373 g/mol. The van der Waals surface area contributed by atoms with Gasteiger partial charge in [-0.2, -0.15) is 0 Å². The number of carboxylic acid groups (broad SMARTS) is 1. The SMILES string of the molecule is CC(C)C[C@H](NC(=O)COc1ccc2c3c(c(=O)oc2c1)CCC3)C(=O)O. The van der Waals surface area contributed by atoms with Crippen molar-refractivity contribution in [2.75, 3.05) is 6.61 Å². The van der Waals surface area contributed by atoms with E-state index in [0.29, 0.717) is 17.8 Å². The molecule has 7 heteroatoms. The van der Waals surface area contributed by atoms with Crippen molar-refractivity contribution < 1.29 is 23.8 Å². The zero-order valence-corrected chi connectivity index (χ0v) is 15.4. The molecule has 2 aromatic rings. The van der Waals surface area contributed by atoms with E-state index in [9.17, 15) is 19.5 Å². The van der Waals surface area contributed by atoms with Gasteiger partial charge < -0.3 is 19.6 Å². The molecular weight excluding hydrogens is 350 g/mol.